The second kappa shape index (κ2) is 5.24. The molecule has 1 heteroatoms. The lowest BCUT2D eigenvalue weighted by Gasteiger charge is -2.27. The second-order valence-corrected chi connectivity index (χ2v) is 6.52. The average Bonchev–Trinajstić information content (AvgIpc) is 2.53. The Labute approximate surface area is 131 Å². The van der Waals surface area contributed by atoms with Crippen LogP contribution < -0.4 is 0 Å². The minimum atomic E-state index is 0.302. The molecule has 0 fully saturated rings. The van der Waals surface area contributed by atoms with Gasteiger partial charge in [0.25, 0.3) is 0 Å². The van der Waals surface area contributed by atoms with Crippen molar-refractivity contribution in [3.05, 3.63) is 59.7 Å². The Hall–Kier alpha value is -2.15. The standard InChI is InChI=1S/C21H20O/c1-14(22)13-17-7-4-6-16-10-11-19-18-8-3-2-5-15(18)9-12-20(19)21(16)17/h2-3,5,8-12,17H,4,6-7,13H2,1H3. The average molecular weight is 288 g/mol. The lowest BCUT2D eigenvalue weighted by atomic mass is 9.77. The highest BCUT2D eigenvalue weighted by molar-refractivity contribution is 6.09. The summed E-state index contributed by atoms with van der Waals surface area (Å²) in [6.07, 6.45) is 4.16. The van der Waals surface area contributed by atoms with E-state index in [2.05, 4.69) is 48.5 Å². The summed E-state index contributed by atoms with van der Waals surface area (Å²) in [4.78, 5) is 11.7. The van der Waals surface area contributed by atoms with Crippen LogP contribution in [0.3, 0.4) is 0 Å². The number of rotatable bonds is 2. The number of ketones is 1. The van der Waals surface area contributed by atoms with Gasteiger partial charge < -0.3 is 4.79 Å². The molecule has 1 aliphatic rings. The summed E-state index contributed by atoms with van der Waals surface area (Å²) in [6, 6.07) is 17.6. The summed E-state index contributed by atoms with van der Waals surface area (Å²) in [6.45, 7) is 1.72. The zero-order valence-corrected chi connectivity index (χ0v) is 12.9. The lowest BCUT2D eigenvalue weighted by Crippen LogP contribution is -2.13. The van der Waals surface area contributed by atoms with Crippen molar-refractivity contribution >= 4 is 27.3 Å². The molecule has 1 nitrogen and oxygen atoms in total. The van der Waals surface area contributed by atoms with E-state index < -0.39 is 0 Å². The van der Waals surface area contributed by atoms with Crippen molar-refractivity contribution in [2.24, 2.45) is 0 Å². The Balaban J connectivity index is 2.01. The quantitative estimate of drug-likeness (QED) is 0.578. The predicted molar refractivity (Wildman–Crippen MR) is 92.4 cm³/mol. The molecular weight excluding hydrogens is 268 g/mol. The molecule has 0 N–H and O–H groups in total. The summed E-state index contributed by atoms with van der Waals surface area (Å²) in [5.41, 5.74) is 2.88. The van der Waals surface area contributed by atoms with Crippen LogP contribution in [0.25, 0.3) is 21.5 Å². The topological polar surface area (TPSA) is 17.1 Å². The first-order valence-corrected chi connectivity index (χ1v) is 8.17. The summed E-state index contributed by atoms with van der Waals surface area (Å²) >= 11 is 0. The lowest BCUT2D eigenvalue weighted by molar-refractivity contribution is -0.117. The monoisotopic (exact) mass is 288 g/mol. The number of hydrogen-bond donors (Lipinski definition) is 0. The first-order chi connectivity index (χ1) is 10.7. The highest BCUT2D eigenvalue weighted by Crippen LogP contribution is 2.40. The van der Waals surface area contributed by atoms with Crippen LogP contribution in [0.5, 0.6) is 0 Å². The van der Waals surface area contributed by atoms with Crippen LogP contribution in [0, 0.1) is 0 Å². The van der Waals surface area contributed by atoms with Crippen molar-refractivity contribution in [1.82, 2.24) is 0 Å². The van der Waals surface area contributed by atoms with E-state index in [0.29, 0.717) is 18.1 Å². The molecule has 22 heavy (non-hydrogen) atoms. The molecule has 1 unspecified atom stereocenters. The van der Waals surface area contributed by atoms with Gasteiger partial charge in [-0.15, -0.1) is 0 Å². The second-order valence-electron chi connectivity index (χ2n) is 6.52. The summed E-state index contributed by atoms with van der Waals surface area (Å²) < 4.78 is 0. The van der Waals surface area contributed by atoms with Crippen LogP contribution in [0.15, 0.2) is 48.5 Å². The molecule has 0 aromatic heterocycles. The molecule has 110 valence electrons. The Bertz CT molecular complexity index is 876. The van der Waals surface area contributed by atoms with Crippen molar-refractivity contribution in [3.63, 3.8) is 0 Å². The number of aryl methyl sites for hydroxylation is 1. The third-order valence-electron chi connectivity index (χ3n) is 5.00. The number of Topliss-reactive ketones (excluding diaryl/α,β-unsaturated/α-hetero) is 1. The summed E-state index contributed by atoms with van der Waals surface area (Å²) in [5.74, 6) is 0.696. The van der Waals surface area contributed by atoms with E-state index in [1.807, 2.05) is 0 Å². The van der Waals surface area contributed by atoms with Gasteiger partial charge in [0.15, 0.2) is 0 Å². The number of hydrogen-bond acceptors (Lipinski definition) is 1. The first-order valence-electron chi connectivity index (χ1n) is 8.17. The molecule has 1 atom stereocenters. The highest BCUT2D eigenvalue weighted by atomic mass is 16.1. The molecule has 0 amide bonds. The minimum absolute atomic E-state index is 0.302. The van der Waals surface area contributed by atoms with Crippen molar-refractivity contribution in [2.75, 3.05) is 0 Å². The maximum atomic E-state index is 11.7. The Morgan fingerprint density at radius 1 is 1.00 bits per heavy atom. The molecule has 4 rings (SSSR count). The smallest absolute Gasteiger partial charge is 0.130 e. The van der Waals surface area contributed by atoms with Crippen LogP contribution in [0.2, 0.25) is 0 Å². The number of carbonyl (C=O) groups excluding carboxylic acids is 1. The van der Waals surface area contributed by atoms with Gasteiger partial charge in [0, 0.05) is 6.42 Å². The highest BCUT2D eigenvalue weighted by Gasteiger charge is 2.23. The van der Waals surface area contributed by atoms with E-state index in [9.17, 15) is 4.79 Å². The maximum Gasteiger partial charge on any atom is 0.130 e. The van der Waals surface area contributed by atoms with E-state index >= 15 is 0 Å². The fourth-order valence-corrected chi connectivity index (χ4v) is 4.09. The van der Waals surface area contributed by atoms with Crippen molar-refractivity contribution in [3.8, 4) is 0 Å². The first kappa shape index (κ1) is 13.5. The fraction of sp³-hybridized carbons (Fsp3) is 0.286. The van der Waals surface area contributed by atoms with E-state index in [0.717, 1.165) is 12.8 Å². The van der Waals surface area contributed by atoms with Gasteiger partial charge in [0.05, 0.1) is 0 Å². The third-order valence-corrected chi connectivity index (χ3v) is 5.00. The molecule has 0 spiro atoms. The van der Waals surface area contributed by atoms with Gasteiger partial charge >= 0.3 is 0 Å². The van der Waals surface area contributed by atoms with Gasteiger partial charge in [-0.05, 0) is 64.8 Å². The SMILES string of the molecule is CC(=O)CC1CCCc2ccc3c(ccc4ccccc43)c21. The minimum Gasteiger partial charge on any atom is -0.300 e. The molecule has 0 heterocycles. The molecule has 0 saturated carbocycles. The maximum absolute atomic E-state index is 11.7. The molecule has 0 radical (unpaired) electrons. The molecule has 3 aromatic rings. The molecular formula is C21H20O. The van der Waals surface area contributed by atoms with Gasteiger partial charge in [-0.2, -0.15) is 0 Å². The molecule has 0 bridgehead atoms. The summed E-state index contributed by atoms with van der Waals surface area (Å²) in [7, 11) is 0. The third kappa shape index (κ3) is 2.12. The van der Waals surface area contributed by atoms with E-state index in [1.165, 1.54) is 39.1 Å². The van der Waals surface area contributed by atoms with E-state index in [1.54, 1.807) is 6.92 Å². The van der Waals surface area contributed by atoms with Crippen LogP contribution in [-0.2, 0) is 11.2 Å². The predicted octanol–water partition coefficient (Wildman–Crippen LogP) is 5.39. The van der Waals surface area contributed by atoms with E-state index in [-0.39, 0.29) is 0 Å². The molecule has 3 aromatic carbocycles. The van der Waals surface area contributed by atoms with Crippen LogP contribution in [0.1, 0.15) is 43.2 Å². The Kier molecular flexibility index (Phi) is 3.22. The van der Waals surface area contributed by atoms with Crippen LogP contribution in [-0.4, -0.2) is 5.78 Å². The largest absolute Gasteiger partial charge is 0.300 e. The Morgan fingerprint density at radius 3 is 2.68 bits per heavy atom. The number of fused-ring (bicyclic) bond motifs is 5. The zero-order chi connectivity index (χ0) is 15.1. The van der Waals surface area contributed by atoms with Gasteiger partial charge in [0.1, 0.15) is 5.78 Å². The van der Waals surface area contributed by atoms with Gasteiger partial charge in [-0.25, -0.2) is 0 Å². The van der Waals surface area contributed by atoms with Crippen molar-refractivity contribution < 1.29 is 4.79 Å². The van der Waals surface area contributed by atoms with Gasteiger partial charge in [0.2, 0.25) is 0 Å². The molecule has 1 aliphatic carbocycles. The fourth-order valence-electron chi connectivity index (χ4n) is 4.09. The van der Waals surface area contributed by atoms with Crippen molar-refractivity contribution in [2.45, 2.75) is 38.5 Å². The summed E-state index contributed by atoms with van der Waals surface area (Å²) in [5, 5.41) is 5.28. The van der Waals surface area contributed by atoms with Crippen LogP contribution >= 0.6 is 0 Å². The van der Waals surface area contributed by atoms with Crippen molar-refractivity contribution in [1.29, 1.82) is 0 Å². The zero-order valence-electron chi connectivity index (χ0n) is 12.9. The molecule has 0 aliphatic heterocycles. The number of benzene rings is 3. The van der Waals surface area contributed by atoms with E-state index in [4.69, 9.17) is 0 Å². The molecule has 0 saturated heterocycles. The van der Waals surface area contributed by atoms with Crippen LogP contribution in [0.4, 0.5) is 0 Å². The Morgan fingerprint density at radius 2 is 1.82 bits per heavy atom. The normalized spacial score (nSPS) is 17.6. The number of carbonyl (C=O) groups is 1. The van der Waals surface area contributed by atoms with Gasteiger partial charge in [-0.3, -0.25) is 0 Å². The van der Waals surface area contributed by atoms with Gasteiger partial charge in [-0.1, -0.05) is 48.5 Å².